The van der Waals surface area contributed by atoms with E-state index in [-0.39, 0.29) is 30.4 Å². The van der Waals surface area contributed by atoms with Gasteiger partial charge in [0.2, 0.25) is 11.8 Å². The van der Waals surface area contributed by atoms with Crippen LogP contribution >= 0.6 is 0 Å². The SMILES string of the molecule is CCC(CC)(CC)NC(=O)CNC(=O)CN. The summed E-state index contributed by atoms with van der Waals surface area (Å²) in [6.45, 7) is 6.05. The second-order valence-corrected chi connectivity index (χ2v) is 3.87. The minimum atomic E-state index is -0.315. The molecule has 94 valence electrons. The van der Waals surface area contributed by atoms with Crippen LogP contribution in [0.25, 0.3) is 0 Å². The van der Waals surface area contributed by atoms with Crippen molar-refractivity contribution in [3.05, 3.63) is 0 Å². The fourth-order valence-corrected chi connectivity index (χ4v) is 1.61. The summed E-state index contributed by atoms with van der Waals surface area (Å²) in [6.07, 6.45) is 2.66. The third-order valence-corrected chi connectivity index (χ3v) is 3.07. The van der Waals surface area contributed by atoms with Gasteiger partial charge < -0.3 is 16.4 Å². The van der Waals surface area contributed by atoms with Crippen LogP contribution in [0.15, 0.2) is 0 Å². The highest BCUT2D eigenvalue weighted by Gasteiger charge is 2.25. The van der Waals surface area contributed by atoms with Gasteiger partial charge in [-0.1, -0.05) is 20.8 Å². The molecule has 0 heterocycles. The zero-order valence-corrected chi connectivity index (χ0v) is 10.4. The van der Waals surface area contributed by atoms with Gasteiger partial charge in [0.05, 0.1) is 13.1 Å². The van der Waals surface area contributed by atoms with Crippen molar-refractivity contribution in [2.24, 2.45) is 5.73 Å². The summed E-state index contributed by atoms with van der Waals surface area (Å²) < 4.78 is 0. The maximum absolute atomic E-state index is 11.6. The number of nitrogens with two attached hydrogens (primary N) is 1. The molecule has 0 aromatic heterocycles. The summed E-state index contributed by atoms with van der Waals surface area (Å²) >= 11 is 0. The number of hydrogen-bond donors (Lipinski definition) is 3. The summed E-state index contributed by atoms with van der Waals surface area (Å²) in [5.74, 6) is -0.474. The molecule has 0 radical (unpaired) electrons. The zero-order chi connectivity index (χ0) is 12.6. The van der Waals surface area contributed by atoms with Gasteiger partial charge in [0, 0.05) is 5.54 Å². The average molecular weight is 229 g/mol. The fourth-order valence-electron chi connectivity index (χ4n) is 1.61. The third-order valence-electron chi connectivity index (χ3n) is 3.07. The predicted molar refractivity (Wildman–Crippen MR) is 63.8 cm³/mol. The van der Waals surface area contributed by atoms with E-state index in [1.54, 1.807) is 0 Å². The number of rotatable bonds is 7. The third kappa shape index (κ3) is 4.61. The first-order valence-electron chi connectivity index (χ1n) is 5.81. The smallest absolute Gasteiger partial charge is 0.239 e. The molecule has 0 saturated heterocycles. The molecule has 0 bridgehead atoms. The molecule has 4 N–H and O–H groups in total. The second kappa shape index (κ2) is 7.22. The predicted octanol–water partition coefficient (Wildman–Crippen LogP) is 0.146. The van der Waals surface area contributed by atoms with Gasteiger partial charge >= 0.3 is 0 Å². The van der Waals surface area contributed by atoms with E-state index in [4.69, 9.17) is 5.73 Å². The van der Waals surface area contributed by atoms with Gasteiger partial charge in [0.15, 0.2) is 0 Å². The van der Waals surface area contributed by atoms with Gasteiger partial charge in [-0.15, -0.1) is 0 Å². The van der Waals surface area contributed by atoms with Crippen LogP contribution in [0.4, 0.5) is 0 Å². The summed E-state index contributed by atoms with van der Waals surface area (Å²) in [6, 6.07) is 0. The van der Waals surface area contributed by atoms with Crippen molar-refractivity contribution in [1.82, 2.24) is 10.6 Å². The van der Waals surface area contributed by atoms with E-state index < -0.39 is 0 Å². The van der Waals surface area contributed by atoms with Crippen LogP contribution in [0.2, 0.25) is 0 Å². The van der Waals surface area contributed by atoms with Crippen molar-refractivity contribution in [3.8, 4) is 0 Å². The molecule has 5 heteroatoms. The lowest BCUT2D eigenvalue weighted by Crippen LogP contribution is -2.50. The van der Waals surface area contributed by atoms with E-state index in [0.29, 0.717) is 0 Å². The van der Waals surface area contributed by atoms with Crippen molar-refractivity contribution in [2.45, 2.75) is 45.6 Å². The molecule has 0 aliphatic carbocycles. The van der Waals surface area contributed by atoms with Crippen molar-refractivity contribution < 1.29 is 9.59 Å². The molecule has 0 atom stereocenters. The van der Waals surface area contributed by atoms with E-state index in [1.165, 1.54) is 0 Å². The highest BCUT2D eigenvalue weighted by Crippen LogP contribution is 2.18. The van der Waals surface area contributed by atoms with Crippen molar-refractivity contribution in [1.29, 1.82) is 0 Å². The summed E-state index contributed by atoms with van der Waals surface area (Å²) in [4.78, 5) is 22.5. The minimum absolute atomic E-state index is 0.00220. The van der Waals surface area contributed by atoms with Gasteiger partial charge in [-0.05, 0) is 19.3 Å². The topological polar surface area (TPSA) is 84.2 Å². The number of carbonyl (C=O) groups is 2. The quantitative estimate of drug-likeness (QED) is 0.581. The lowest BCUT2D eigenvalue weighted by molar-refractivity contribution is -0.126. The lowest BCUT2D eigenvalue weighted by Gasteiger charge is -2.31. The van der Waals surface area contributed by atoms with Crippen LogP contribution in [0.3, 0.4) is 0 Å². The van der Waals surface area contributed by atoms with E-state index in [1.807, 2.05) is 20.8 Å². The standard InChI is InChI=1S/C11H23N3O2/c1-4-11(5-2,6-3)14-10(16)8-13-9(15)7-12/h4-8,12H2,1-3H3,(H,13,15)(H,14,16). The Hall–Kier alpha value is -1.10. The first-order valence-corrected chi connectivity index (χ1v) is 5.81. The first-order chi connectivity index (χ1) is 7.53. The molecule has 0 unspecified atom stereocenters. The molecule has 5 nitrogen and oxygen atoms in total. The molecule has 2 amide bonds. The Morgan fingerprint density at radius 3 is 1.94 bits per heavy atom. The Labute approximate surface area is 97.2 Å². The molecular formula is C11H23N3O2. The van der Waals surface area contributed by atoms with Gasteiger partial charge in [0.25, 0.3) is 0 Å². The zero-order valence-electron chi connectivity index (χ0n) is 10.4. The van der Waals surface area contributed by atoms with Crippen LogP contribution in [-0.4, -0.2) is 30.4 Å². The number of carbonyl (C=O) groups excluding carboxylic acids is 2. The highest BCUT2D eigenvalue weighted by molar-refractivity contribution is 5.85. The largest absolute Gasteiger partial charge is 0.349 e. The number of amides is 2. The second-order valence-electron chi connectivity index (χ2n) is 3.87. The Bertz CT molecular complexity index is 229. The molecule has 0 saturated carbocycles. The molecule has 0 aromatic carbocycles. The number of hydrogen-bond acceptors (Lipinski definition) is 3. The summed E-state index contributed by atoms with van der Waals surface area (Å²) in [5.41, 5.74) is 4.97. The summed E-state index contributed by atoms with van der Waals surface area (Å²) in [7, 11) is 0. The van der Waals surface area contributed by atoms with E-state index >= 15 is 0 Å². The molecule has 0 spiro atoms. The Kier molecular flexibility index (Phi) is 6.72. The molecule has 0 rings (SSSR count). The van der Waals surface area contributed by atoms with Gasteiger partial charge in [-0.3, -0.25) is 9.59 Å². The van der Waals surface area contributed by atoms with Crippen LogP contribution in [-0.2, 0) is 9.59 Å². The minimum Gasteiger partial charge on any atom is -0.349 e. The van der Waals surface area contributed by atoms with Gasteiger partial charge in [0.1, 0.15) is 0 Å². The molecule has 0 aliphatic heterocycles. The molecule has 16 heavy (non-hydrogen) atoms. The maximum Gasteiger partial charge on any atom is 0.239 e. The van der Waals surface area contributed by atoms with Crippen molar-refractivity contribution >= 4 is 11.8 Å². The van der Waals surface area contributed by atoms with E-state index in [9.17, 15) is 9.59 Å². The lowest BCUT2D eigenvalue weighted by atomic mass is 9.90. The summed E-state index contributed by atoms with van der Waals surface area (Å²) in [5, 5.41) is 5.42. The van der Waals surface area contributed by atoms with Crippen LogP contribution in [0.1, 0.15) is 40.0 Å². The highest BCUT2D eigenvalue weighted by atomic mass is 16.2. The fraction of sp³-hybridized carbons (Fsp3) is 0.818. The number of nitrogens with one attached hydrogen (secondary N) is 2. The van der Waals surface area contributed by atoms with Crippen LogP contribution < -0.4 is 16.4 Å². The maximum atomic E-state index is 11.6. The van der Waals surface area contributed by atoms with Gasteiger partial charge in [-0.2, -0.15) is 0 Å². The molecule has 0 aromatic rings. The van der Waals surface area contributed by atoms with Crippen LogP contribution in [0, 0.1) is 0 Å². The Morgan fingerprint density at radius 2 is 1.56 bits per heavy atom. The normalized spacial score (nSPS) is 11.0. The van der Waals surface area contributed by atoms with E-state index in [0.717, 1.165) is 19.3 Å². The first kappa shape index (κ1) is 14.9. The average Bonchev–Trinajstić information content (AvgIpc) is 2.33. The molecule has 0 fully saturated rings. The monoisotopic (exact) mass is 229 g/mol. The van der Waals surface area contributed by atoms with E-state index in [2.05, 4.69) is 10.6 Å². The van der Waals surface area contributed by atoms with Crippen molar-refractivity contribution in [3.63, 3.8) is 0 Å². The van der Waals surface area contributed by atoms with Crippen molar-refractivity contribution in [2.75, 3.05) is 13.1 Å². The Balaban J connectivity index is 4.15. The molecule has 0 aliphatic rings. The Morgan fingerprint density at radius 1 is 1.06 bits per heavy atom. The van der Waals surface area contributed by atoms with Gasteiger partial charge in [-0.25, -0.2) is 0 Å². The molecular weight excluding hydrogens is 206 g/mol. The van der Waals surface area contributed by atoms with Crippen LogP contribution in [0.5, 0.6) is 0 Å².